The summed E-state index contributed by atoms with van der Waals surface area (Å²) in [6, 6.07) is 8.32. The van der Waals surface area contributed by atoms with E-state index in [1.807, 2.05) is 6.07 Å². The van der Waals surface area contributed by atoms with Crippen molar-refractivity contribution in [1.82, 2.24) is 14.9 Å². The standard InChI is InChI=1S/C18H27N5/c1-3-22(4-2)14-11-19-18-20-16-10-6-5-9-15(16)17(21-18)23-12-7-8-13-23/h5-6,9-10H,3-4,7-8,11-14H2,1-2H3,(H,19,20,21). The Bertz CT molecular complexity index is 632. The van der Waals surface area contributed by atoms with Gasteiger partial charge in [0.1, 0.15) is 5.82 Å². The molecule has 1 aromatic carbocycles. The molecule has 1 fully saturated rings. The predicted molar refractivity (Wildman–Crippen MR) is 97.3 cm³/mol. The molecule has 23 heavy (non-hydrogen) atoms. The van der Waals surface area contributed by atoms with E-state index < -0.39 is 0 Å². The van der Waals surface area contributed by atoms with Gasteiger partial charge in [-0.25, -0.2) is 4.98 Å². The van der Waals surface area contributed by atoms with Crippen molar-refractivity contribution in [3.63, 3.8) is 0 Å². The molecule has 0 spiro atoms. The van der Waals surface area contributed by atoms with Crippen molar-refractivity contribution < 1.29 is 0 Å². The molecule has 1 aromatic heterocycles. The molecule has 0 radical (unpaired) electrons. The molecule has 124 valence electrons. The first-order chi connectivity index (χ1) is 11.3. The average Bonchev–Trinajstić information content (AvgIpc) is 3.12. The number of anilines is 2. The molecule has 0 saturated carbocycles. The number of benzene rings is 1. The Kier molecular flexibility index (Phi) is 5.28. The van der Waals surface area contributed by atoms with Crippen molar-refractivity contribution >= 4 is 22.7 Å². The molecular formula is C18H27N5. The Hall–Kier alpha value is -1.88. The van der Waals surface area contributed by atoms with Gasteiger partial charge in [-0.1, -0.05) is 26.0 Å². The molecule has 3 rings (SSSR count). The second kappa shape index (κ2) is 7.59. The third-order valence-corrected chi connectivity index (χ3v) is 4.59. The summed E-state index contributed by atoms with van der Waals surface area (Å²) >= 11 is 0. The largest absolute Gasteiger partial charge is 0.356 e. The van der Waals surface area contributed by atoms with Crippen molar-refractivity contribution in [1.29, 1.82) is 0 Å². The average molecular weight is 313 g/mol. The van der Waals surface area contributed by atoms with Crippen molar-refractivity contribution in [2.24, 2.45) is 0 Å². The second-order valence-corrected chi connectivity index (χ2v) is 6.04. The van der Waals surface area contributed by atoms with Crippen LogP contribution in [-0.2, 0) is 0 Å². The lowest BCUT2D eigenvalue weighted by Gasteiger charge is -2.20. The number of likely N-dealkylation sites (N-methyl/N-ethyl adjacent to an activating group) is 1. The number of para-hydroxylation sites is 1. The van der Waals surface area contributed by atoms with Crippen LogP contribution in [-0.4, -0.2) is 54.1 Å². The molecule has 1 aliphatic heterocycles. The molecule has 1 saturated heterocycles. The highest BCUT2D eigenvalue weighted by Crippen LogP contribution is 2.27. The lowest BCUT2D eigenvalue weighted by Crippen LogP contribution is -2.29. The Balaban J connectivity index is 1.80. The zero-order valence-electron chi connectivity index (χ0n) is 14.3. The van der Waals surface area contributed by atoms with Crippen LogP contribution < -0.4 is 10.2 Å². The first-order valence-electron chi connectivity index (χ1n) is 8.79. The summed E-state index contributed by atoms with van der Waals surface area (Å²) in [6.07, 6.45) is 2.51. The van der Waals surface area contributed by atoms with Crippen LogP contribution in [0.2, 0.25) is 0 Å². The van der Waals surface area contributed by atoms with Gasteiger partial charge in [-0.2, -0.15) is 4.98 Å². The molecule has 0 bridgehead atoms. The van der Waals surface area contributed by atoms with Crippen LogP contribution in [0.5, 0.6) is 0 Å². The van der Waals surface area contributed by atoms with E-state index in [-0.39, 0.29) is 0 Å². The molecule has 0 amide bonds. The van der Waals surface area contributed by atoms with Crippen LogP contribution in [0, 0.1) is 0 Å². The van der Waals surface area contributed by atoms with Gasteiger partial charge in [0.05, 0.1) is 5.52 Å². The minimum absolute atomic E-state index is 0.748. The van der Waals surface area contributed by atoms with Crippen LogP contribution in [0.1, 0.15) is 26.7 Å². The van der Waals surface area contributed by atoms with Crippen LogP contribution >= 0.6 is 0 Å². The highest BCUT2D eigenvalue weighted by molar-refractivity contribution is 5.90. The van der Waals surface area contributed by atoms with Gasteiger partial charge >= 0.3 is 0 Å². The molecule has 2 heterocycles. The third kappa shape index (κ3) is 3.72. The fraction of sp³-hybridized carbons (Fsp3) is 0.556. The molecule has 1 N–H and O–H groups in total. The summed E-state index contributed by atoms with van der Waals surface area (Å²) in [6.45, 7) is 10.6. The zero-order valence-corrected chi connectivity index (χ0v) is 14.3. The van der Waals surface area contributed by atoms with E-state index >= 15 is 0 Å². The summed E-state index contributed by atoms with van der Waals surface area (Å²) in [4.78, 5) is 14.3. The van der Waals surface area contributed by atoms with E-state index in [1.165, 1.54) is 12.8 Å². The van der Waals surface area contributed by atoms with Crippen LogP contribution in [0.4, 0.5) is 11.8 Å². The van der Waals surface area contributed by atoms with E-state index in [0.717, 1.165) is 61.9 Å². The number of hydrogen-bond donors (Lipinski definition) is 1. The second-order valence-electron chi connectivity index (χ2n) is 6.04. The fourth-order valence-electron chi connectivity index (χ4n) is 3.17. The molecule has 5 nitrogen and oxygen atoms in total. The van der Waals surface area contributed by atoms with Gasteiger partial charge in [0, 0.05) is 31.6 Å². The SMILES string of the molecule is CCN(CC)CCNc1nc(N2CCCC2)c2ccccc2n1. The molecule has 0 unspecified atom stereocenters. The summed E-state index contributed by atoms with van der Waals surface area (Å²) < 4.78 is 0. The summed E-state index contributed by atoms with van der Waals surface area (Å²) in [5.41, 5.74) is 1.02. The Morgan fingerprint density at radius 2 is 1.83 bits per heavy atom. The van der Waals surface area contributed by atoms with Gasteiger partial charge in [-0.05, 0) is 38.1 Å². The van der Waals surface area contributed by atoms with E-state index in [4.69, 9.17) is 4.98 Å². The molecular weight excluding hydrogens is 286 g/mol. The number of fused-ring (bicyclic) bond motifs is 1. The topological polar surface area (TPSA) is 44.3 Å². The zero-order chi connectivity index (χ0) is 16.1. The number of nitrogens with one attached hydrogen (secondary N) is 1. The van der Waals surface area contributed by atoms with Crippen LogP contribution in [0.3, 0.4) is 0 Å². The van der Waals surface area contributed by atoms with E-state index in [0.29, 0.717) is 0 Å². The molecule has 1 aliphatic rings. The van der Waals surface area contributed by atoms with Crippen molar-refractivity contribution in [3.05, 3.63) is 24.3 Å². The van der Waals surface area contributed by atoms with Crippen molar-refractivity contribution in [2.75, 3.05) is 49.5 Å². The van der Waals surface area contributed by atoms with E-state index in [2.05, 4.69) is 52.1 Å². The van der Waals surface area contributed by atoms with Crippen molar-refractivity contribution in [2.45, 2.75) is 26.7 Å². The molecule has 0 aliphatic carbocycles. The first kappa shape index (κ1) is 16.0. The third-order valence-electron chi connectivity index (χ3n) is 4.59. The molecule has 0 atom stereocenters. The van der Waals surface area contributed by atoms with Gasteiger partial charge in [0.15, 0.2) is 0 Å². The Morgan fingerprint density at radius 1 is 1.09 bits per heavy atom. The smallest absolute Gasteiger partial charge is 0.225 e. The number of nitrogens with zero attached hydrogens (tertiary/aromatic N) is 4. The van der Waals surface area contributed by atoms with Gasteiger partial charge in [0.2, 0.25) is 5.95 Å². The highest BCUT2D eigenvalue weighted by atomic mass is 15.2. The number of rotatable bonds is 7. The highest BCUT2D eigenvalue weighted by Gasteiger charge is 2.17. The lowest BCUT2D eigenvalue weighted by atomic mass is 10.2. The Morgan fingerprint density at radius 3 is 2.57 bits per heavy atom. The molecule has 2 aromatic rings. The van der Waals surface area contributed by atoms with E-state index in [9.17, 15) is 0 Å². The summed E-state index contributed by atoms with van der Waals surface area (Å²) in [5, 5.41) is 4.57. The summed E-state index contributed by atoms with van der Waals surface area (Å²) in [7, 11) is 0. The van der Waals surface area contributed by atoms with Gasteiger partial charge in [-0.15, -0.1) is 0 Å². The minimum atomic E-state index is 0.748. The van der Waals surface area contributed by atoms with Gasteiger partial charge < -0.3 is 15.1 Å². The lowest BCUT2D eigenvalue weighted by molar-refractivity contribution is 0.316. The predicted octanol–water partition coefficient (Wildman–Crippen LogP) is 2.98. The molecule has 5 heteroatoms. The fourth-order valence-corrected chi connectivity index (χ4v) is 3.17. The van der Waals surface area contributed by atoms with Crippen molar-refractivity contribution in [3.8, 4) is 0 Å². The van der Waals surface area contributed by atoms with E-state index in [1.54, 1.807) is 0 Å². The normalized spacial score (nSPS) is 14.8. The van der Waals surface area contributed by atoms with Gasteiger partial charge in [0.25, 0.3) is 0 Å². The summed E-state index contributed by atoms with van der Waals surface area (Å²) in [5.74, 6) is 1.83. The minimum Gasteiger partial charge on any atom is -0.356 e. The maximum Gasteiger partial charge on any atom is 0.225 e. The maximum atomic E-state index is 4.82. The first-order valence-corrected chi connectivity index (χ1v) is 8.79. The van der Waals surface area contributed by atoms with Crippen LogP contribution in [0.15, 0.2) is 24.3 Å². The number of hydrogen-bond acceptors (Lipinski definition) is 5. The number of aromatic nitrogens is 2. The quantitative estimate of drug-likeness (QED) is 0.851. The Labute approximate surface area is 138 Å². The maximum absolute atomic E-state index is 4.82. The van der Waals surface area contributed by atoms with Gasteiger partial charge in [-0.3, -0.25) is 0 Å². The van der Waals surface area contributed by atoms with Crippen LogP contribution in [0.25, 0.3) is 10.9 Å². The monoisotopic (exact) mass is 313 g/mol.